The van der Waals surface area contributed by atoms with Crippen molar-refractivity contribution in [1.29, 1.82) is 0 Å². The topological polar surface area (TPSA) is 38.9 Å². The first kappa shape index (κ1) is 6.60. The van der Waals surface area contributed by atoms with Crippen molar-refractivity contribution in [2.45, 2.75) is 0 Å². The van der Waals surface area contributed by atoms with Gasteiger partial charge in [-0.05, 0) is 12.1 Å². The number of pyridine rings is 2. The summed E-state index contributed by atoms with van der Waals surface area (Å²) < 4.78 is 5.31. The van der Waals surface area contributed by atoms with Crippen molar-refractivity contribution in [1.82, 2.24) is 9.97 Å². The molecule has 0 unspecified atom stereocenters. The van der Waals surface area contributed by atoms with Crippen LogP contribution in [0.1, 0.15) is 0 Å². The Balaban J connectivity index is 2.65. The van der Waals surface area contributed by atoms with E-state index in [2.05, 4.69) is 9.97 Å². The quantitative estimate of drug-likeness (QED) is 0.520. The molecule has 0 fully saturated rings. The molecule has 0 saturated heterocycles. The third-order valence-electron chi connectivity index (χ3n) is 2.04. The number of nitrogens with zero attached hydrogens (tertiary/aromatic N) is 2. The molecule has 0 radical (unpaired) electrons. The third-order valence-corrected chi connectivity index (χ3v) is 2.04. The van der Waals surface area contributed by atoms with Gasteiger partial charge in [0.1, 0.15) is 11.0 Å². The van der Waals surface area contributed by atoms with E-state index in [4.69, 9.17) is 4.42 Å². The fourth-order valence-corrected chi connectivity index (χ4v) is 1.43. The molecule has 3 rings (SSSR count). The highest BCUT2D eigenvalue weighted by Crippen LogP contribution is 2.21. The zero-order chi connectivity index (χ0) is 8.67. The number of aromatic nitrogens is 2. The molecule has 3 aromatic rings. The molecule has 0 atom stereocenters. The van der Waals surface area contributed by atoms with E-state index < -0.39 is 0 Å². The second-order valence-corrected chi connectivity index (χ2v) is 2.83. The van der Waals surface area contributed by atoms with Crippen molar-refractivity contribution in [3.8, 4) is 0 Å². The van der Waals surface area contributed by atoms with Crippen LogP contribution in [0, 0.1) is 0 Å². The molecule has 3 nitrogen and oxygen atoms in total. The summed E-state index contributed by atoms with van der Waals surface area (Å²) >= 11 is 0. The Morgan fingerprint density at radius 3 is 3.15 bits per heavy atom. The molecule has 0 N–H and O–H groups in total. The third kappa shape index (κ3) is 0.839. The number of fused-ring (bicyclic) bond motifs is 3. The Labute approximate surface area is 74.0 Å². The maximum Gasteiger partial charge on any atom is 0.178 e. The number of hydrogen-bond donors (Lipinski definition) is 0. The molecular weight excluding hydrogens is 164 g/mol. The summed E-state index contributed by atoms with van der Waals surface area (Å²) in [4.78, 5) is 8.48. The zero-order valence-corrected chi connectivity index (χ0v) is 6.77. The maximum absolute atomic E-state index is 5.31. The van der Waals surface area contributed by atoms with Crippen molar-refractivity contribution in [2.24, 2.45) is 0 Å². The van der Waals surface area contributed by atoms with Crippen molar-refractivity contribution in [3.63, 3.8) is 0 Å². The van der Waals surface area contributed by atoms with Gasteiger partial charge in [-0.2, -0.15) is 0 Å². The second-order valence-electron chi connectivity index (χ2n) is 2.83. The average molecular weight is 170 g/mol. The number of hydrogen-bond acceptors (Lipinski definition) is 3. The van der Waals surface area contributed by atoms with E-state index in [1.807, 2.05) is 18.2 Å². The van der Waals surface area contributed by atoms with Gasteiger partial charge in [0.2, 0.25) is 0 Å². The summed E-state index contributed by atoms with van der Waals surface area (Å²) in [5, 5.41) is 1.00. The van der Waals surface area contributed by atoms with Crippen molar-refractivity contribution in [2.75, 3.05) is 0 Å². The van der Waals surface area contributed by atoms with E-state index in [9.17, 15) is 0 Å². The monoisotopic (exact) mass is 170 g/mol. The lowest BCUT2D eigenvalue weighted by Gasteiger charge is -1.94. The molecule has 0 aliphatic heterocycles. The van der Waals surface area contributed by atoms with Crippen LogP contribution >= 0.6 is 0 Å². The SMILES string of the molecule is c1cnc2c(c1)cnc1ccoc12. The summed E-state index contributed by atoms with van der Waals surface area (Å²) in [6.07, 6.45) is 5.19. The van der Waals surface area contributed by atoms with Crippen LogP contribution in [0.4, 0.5) is 0 Å². The highest BCUT2D eigenvalue weighted by molar-refractivity contribution is 5.98. The van der Waals surface area contributed by atoms with Gasteiger partial charge in [-0.15, -0.1) is 0 Å². The first-order chi connectivity index (χ1) is 6.45. The Morgan fingerprint density at radius 2 is 2.15 bits per heavy atom. The largest absolute Gasteiger partial charge is 0.460 e. The molecule has 3 heterocycles. The summed E-state index contributed by atoms with van der Waals surface area (Å²) in [6.45, 7) is 0. The lowest BCUT2D eigenvalue weighted by atomic mass is 10.2. The van der Waals surface area contributed by atoms with Crippen LogP contribution in [0.5, 0.6) is 0 Å². The van der Waals surface area contributed by atoms with Gasteiger partial charge in [0, 0.05) is 23.8 Å². The molecule has 0 saturated carbocycles. The molecule has 0 aliphatic rings. The van der Waals surface area contributed by atoms with Crippen LogP contribution in [0.25, 0.3) is 22.0 Å². The summed E-state index contributed by atoms with van der Waals surface area (Å²) in [6, 6.07) is 5.69. The van der Waals surface area contributed by atoms with E-state index in [0.29, 0.717) is 0 Å². The molecule has 0 aliphatic carbocycles. The Hall–Kier alpha value is -1.90. The lowest BCUT2D eigenvalue weighted by Crippen LogP contribution is -1.80. The van der Waals surface area contributed by atoms with Gasteiger partial charge >= 0.3 is 0 Å². The fourth-order valence-electron chi connectivity index (χ4n) is 1.43. The van der Waals surface area contributed by atoms with Crippen LogP contribution < -0.4 is 0 Å². The maximum atomic E-state index is 5.31. The van der Waals surface area contributed by atoms with Crippen LogP contribution in [0.2, 0.25) is 0 Å². The molecule has 3 heteroatoms. The van der Waals surface area contributed by atoms with E-state index in [0.717, 1.165) is 22.0 Å². The van der Waals surface area contributed by atoms with Gasteiger partial charge in [-0.25, -0.2) is 0 Å². The molecule has 13 heavy (non-hydrogen) atoms. The highest BCUT2D eigenvalue weighted by atomic mass is 16.3. The van der Waals surface area contributed by atoms with Crippen LogP contribution in [0.15, 0.2) is 41.3 Å². The normalized spacial score (nSPS) is 11.1. The van der Waals surface area contributed by atoms with Crippen LogP contribution in [-0.2, 0) is 0 Å². The van der Waals surface area contributed by atoms with Crippen LogP contribution in [-0.4, -0.2) is 9.97 Å². The van der Waals surface area contributed by atoms with E-state index in [1.165, 1.54) is 0 Å². The van der Waals surface area contributed by atoms with Crippen molar-refractivity contribution in [3.05, 3.63) is 36.9 Å². The van der Waals surface area contributed by atoms with Gasteiger partial charge < -0.3 is 4.42 Å². The lowest BCUT2D eigenvalue weighted by molar-refractivity contribution is 0.618. The van der Waals surface area contributed by atoms with Gasteiger partial charge in [0.05, 0.1) is 6.26 Å². The van der Waals surface area contributed by atoms with E-state index in [1.54, 1.807) is 18.7 Å². The number of rotatable bonds is 0. The van der Waals surface area contributed by atoms with E-state index in [-0.39, 0.29) is 0 Å². The van der Waals surface area contributed by atoms with Gasteiger partial charge in [0.15, 0.2) is 5.58 Å². The summed E-state index contributed by atoms with van der Waals surface area (Å²) in [7, 11) is 0. The minimum Gasteiger partial charge on any atom is -0.460 e. The smallest absolute Gasteiger partial charge is 0.178 e. The zero-order valence-electron chi connectivity index (χ0n) is 6.77. The first-order valence-electron chi connectivity index (χ1n) is 4.02. The fraction of sp³-hybridized carbons (Fsp3) is 0. The van der Waals surface area contributed by atoms with Crippen LogP contribution in [0.3, 0.4) is 0 Å². The molecule has 0 amide bonds. The Bertz CT molecular complexity index is 571. The highest BCUT2D eigenvalue weighted by Gasteiger charge is 2.03. The van der Waals surface area contributed by atoms with Gasteiger partial charge in [-0.3, -0.25) is 9.97 Å². The molecule has 62 valence electrons. The summed E-state index contributed by atoms with van der Waals surface area (Å²) in [5.74, 6) is 0. The predicted molar refractivity (Wildman–Crippen MR) is 49.3 cm³/mol. The number of furan rings is 1. The first-order valence-corrected chi connectivity index (χ1v) is 4.02. The van der Waals surface area contributed by atoms with Crippen molar-refractivity contribution >= 4 is 22.0 Å². The molecule has 3 aromatic heterocycles. The van der Waals surface area contributed by atoms with Crippen molar-refractivity contribution < 1.29 is 4.42 Å². The summed E-state index contributed by atoms with van der Waals surface area (Å²) in [5.41, 5.74) is 2.49. The predicted octanol–water partition coefficient (Wildman–Crippen LogP) is 2.38. The minimum atomic E-state index is 0.762. The minimum absolute atomic E-state index is 0.762. The van der Waals surface area contributed by atoms with E-state index >= 15 is 0 Å². The Morgan fingerprint density at radius 1 is 1.15 bits per heavy atom. The van der Waals surface area contributed by atoms with Gasteiger partial charge in [-0.1, -0.05) is 0 Å². The van der Waals surface area contributed by atoms with Gasteiger partial charge in [0.25, 0.3) is 0 Å². The Kier molecular flexibility index (Phi) is 1.16. The molecule has 0 aromatic carbocycles. The average Bonchev–Trinajstić information content (AvgIpc) is 2.65. The standard InChI is InChI=1S/C10H6N2O/c1-2-7-6-12-8-3-5-13-10(8)9(7)11-4-1/h1-6H. The molecular formula is C10H6N2O. The molecule has 0 bridgehead atoms. The molecule has 0 spiro atoms. The second kappa shape index (κ2) is 2.29.